The first-order valence-electron chi connectivity index (χ1n) is 10.2. The zero-order valence-corrected chi connectivity index (χ0v) is 20.2. The molecule has 4 heteroatoms. The minimum atomic E-state index is -0.141. The number of rotatable bonds is 2. The minimum absolute atomic E-state index is 0. The minimum Gasteiger partial charge on any atom is -1.00 e. The van der Waals surface area contributed by atoms with Crippen molar-refractivity contribution in [3.63, 3.8) is 0 Å². The van der Waals surface area contributed by atoms with Gasteiger partial charge in [0.15, 0.2) is 0 Å². The van der Waals surface area contributed by atoms with Gasteiger partial charge in [0.1, 0.15) is 0 Å². The van der Waals surface area contributed by atoms with E-state index in [1.54, 1.807) is 22.3 Å². The van der Waals surface area contributed by atoms with Crippen molar-refractivity contribution in [3.05, 3.63) is 79.4 Å². The van der Waals surface area contributed by atoms with Crippen LogP contribution in [0.3, 0.4) is 0 Å². The summed E-state index contributed by atoms with van der Waals surface area (Å²) in [6.45, 7) is 11.7. The maximum Gasteiger partial charge on any atom is -1.00 e. The standard InChI is InChI=1S/C25H27P.2FH.Ti/c1-6-11-26(20-12-22-16(2)7-8-17(3)23(22)13-20)21-14-24-18(4)9-10-19(5)25(24)15-21;;;/h7-10,12-15H,6,11H2,1-5H3;2*1H;/q;;;+2/p-2. The van der Waals surface area contributed by atoms with Gasteiger partial charge in [-0.2, -0.15) is 0 Å². The SMILES string of the molecule is CCCP1C2=Cc3c(C)ccc(C)c3[CH]2[Ti+2][CH]2C1=Cc1c(C)ccc(C)c12.[F-].[F-]. The Hall–Kier alpha value is -1.08. The summed E-state index contributed by atoms with van der Waals surface area (Å²) in [5.74, 6) is 0. The molecular formula is C25H27F2PTi. The smallest absolute Gasteiger partial charge is 1.00 e. The van der Waals surface area contributed by atoms with Crippen molar-refractivity contribution in [3.8, 4) is 0 Å². The predicted molar refractivity (Wildman–Crippen MR) is 115 cm³/mol. The molecule has 0 N–H and O–H groups in total. The molecule has 2 aliphatic carbocycles. The van der Waals surface area contributed by atoms with E-state index in [4.69, 9.17) is 0 Å². The number of fused-ring (bicyclic) bond motifs is 6. The third-order valence-electron chi connectivity index (χ3n) is 6.60. The third-order valence-corrected chi connectivity index (χ3v) is 13.2. The van der Waals surface area contributed by atoms with Gasteiger partial charge in [-0.25, -0.2) is 0 Å². The first-order chi connectivity index (χ1) is 13.0. The average Bonchev–Trinajstić information content (AvgIpc) is 3.22. The van der Waals surface area contributed by atoms with Crippen LogP contribution in [0.2, 0.25) is 0 Å². The number of aryl methyl sites for hydroxylation is 4. The summed E-state index contributed by atoms with van der Waals surface area (Å²) in [6.07, 6.45) is 7.92. The molecule has 0 spiro atoms. The molecule has 2 unspecified atom stereocenters. The van der Waals surface area contributed by atoms with Crippen molar-refractivity contribution < 1.29 is 28.6 Å². The molecule has 1 fully saturated rings. The fourth-order valence-electron chi connectivity index (χ4n) is 5.22. The summed E-state index contributed by atoms with van der Waals surface area (Å²) >= 11 is -0.138. The zero-order chi connectivity index (χ0) is 18.9. The van der Waals surface area contributed by atoms with Gasteiger partial charge in [0.05, 0.1) is 0 Å². The summed E-state index contributed by atoms with van der Waals surface area (Å²) in [5, 5.41) is 3.65. The molecule has 2 aromatic carbocycles. The number of allylic oxidation sites excluding steroid dienone is 2. The molecule has 2 atom stereocenters. The van der Waals surface area contributed by atoms with E-state index in [0.717, 1.165) is 8.45 Å². The summed E-state index contributed by atoms with van der Waals surface area (Å²) < 4.78 is 1.54. The molecule has 2 aromatic rings. The van der Waals surface area contributed by atoms with Crippen molar-refractivity contribution >= 4 is 20.1 Å². The van der Waals surface area contributed by atoms with Gasteiger partial charge in [-0.3, -0.25) is 0 Å². The Morgan fingerprint density at radius 1 is 0.724 bits per heavy atom. The van der Waals surface area contributed by atoms with Crippen LogP contribution >= 0.6 is 7.92 Å². The van der Waals surface area contributed by atoms with Gasteiger partial charge in [0.25, 0.3) is 0 Å². The second kappa shape index (κ2) is 8.22. The molecule has 0 bridgehead atoms. The molecule has 0 nitrogen and oxygen atoms in total. The molecule has 0 saturated carbocycles. The van der Waals surface area contributed by atoms with Crippen molar-refractivity contribution in [2.75, 3.05) is 6.16 Å². The predicted octanol–water partition coefficient (Wildman–Crippen LogP) is 1.41. The van der Waals surface area contributed by atoms with Crippen molar-refractivity contribution in [2.24, 2.45) is 0 Å². The summed E-state index contributed by atoms with van der Waals surface area (Å²) in [7, 11) is -0.141. The third kappa shape index (κ3) is 3.23. The zero-order valence-electron chi connectivity index (χ0n) is 17.7. The van der Waals surface area contributed by atoms with Crippen LogP contribution in [0, 0.1) is 27.7 Å². The van der Waals surface area contributed by atoms with E-state index in [1.807, 2.05) is 10.6 Å². The van der Waals surface area contributed by atoms with Gasteiger partial charge >= 0.3 is 174 Å². The molecule has 3 aliphatic rings. The maximum absolute atomic E-state index is 2.63. The fraction of sp³-hybridized carbons (Fsp3) is 0.360. The van der Waals surface area contributed by atoms with E-state index in [2.05, 4.69) is 71.0 Å². The molecule has 1 aliphatic heterocycles. The molecule has 29 heavy (non-hydrogen) atoms. The Morgan fingerprint density at radius 2 is 1.14 bits per heavy atom. The second-order valence-electron chi connectivity index (χ2n) is 8.38. The fourth-order valence-corrected chi connectivity index (χ4v) is 13.0. The molecular weight excluding hydrogens is 417 g/mol. The Kier molecular flexibility index (Phi) is 6.41. The van der Waals surface area contributed by atoms with Crippen LogP contribution in [-0.4, -0.2) is 6.16 Å². The summed E-state index contributed by atoms with van der Waals surface area (Å²) in [6, 6.07) is 9.38. The molecule has 0 radical (unpaired) electrons. The first-order valence-corrected chi connectivity index (χ1v) is 13.5. The Morgan fingerprint density at radius 3 is 1.55 bits per heavy atom. The Labute approximate surface area is 183 Å². The van der Waals surface area contributed by atoms with E-state index < -0.39 is 0 Å². The largest absolute Gasteiger partial charge is 1.00 e. The number of benzene rings is 2. The van der Waals surface area contributed by atoms with Crippen LogP contribution in [0.15, 0.2) is 34.9 Å². The summed E-state index contributed by atoms with van der Waals surface area (Å²) in [4.78, 5) is 0. The topological polar surface area (TPSA) is 0 Å². The van der Waals surface area contributed by atoms with Gasteiger partial charge < -0.3 is 9.41 Å². The van der Waals surface area contributed by atoms with Crippen LogP contribution in [0.4, 0.5) is 0 Å². The van der Waals surface area contributed by atoms with Crippen LogP contribution in [0.1, 0.15) is 66.3 Å². The van der Waals surface area contributed by atoms with Crippen LogP contribution in [-0.2, 0) is 19.2 Å². The molecule has 1 heterocycles. The van der Waals surface area contributed by atoms with Gasteiger partial charge in [-0.1, -0.05) is 0 Å². The van der Waals surface area contributed by atoms with E-state index >= 15 is 0 Å². The van der Waals surface area contributed by atoms with E-state index in [1.165, 1.54) is 34.8 Å². The van der Waals surface area contributed by atoms with Crippen LogP contribution in [0.25, 0.3) is 12.2 Å². The number of hydrogen-bond acceptors (Lipinski definition) is 0. The summed E-state index contributed by atoms with van der Waals surface area (Å²) in [5.41, 5.74) is 12.5. The second-order valence-corrected chi connectivity index (χ2v) is 13.0. The van der Waals surface area contributed by atoms with Crippen LogP contribution in [0.5, 0.6) is 0 Å². The van der Waals surface area contributed by atoms with Gasteiger partial charge in [0, 0.05) is 0 Å². The maximum atomic E-state index is 2.63. The van der Waals surface area contributed by atoms with Gasteiger partial charge in [-0.05, 0) is 0 Å². The van der Waals surface area contributed by atoms with E-state index in [9.17, 15) is 0 Å². The van der Waals surface area contributed by atoms with E-state index in [-0.39, 0.29) is 36.5 Å². The molecule has 0 amide bonds. The quantitative estimate of drug-likeness (QED) is 0.486. The first kappa shape index (κ1) is 22.6. The van der Waals surface area contributed by atoms with Gasteiger partial charge in [-0.15, -0.1) is 0 Å². The molecule has 150 valence electrons. The van der Waals surface area contributed by atoms with Crippen molar-refractivity contribution in [2.45, 2.75) is 49.5 Å². The van der Waals surface area contributed by atoms with Gasteiger partial charge in [0.2, 0.25) is 0 Å². The molecule has 1 saturated heterocycles. The monoisotopic (exact) mass is 444 g/mol. The van der Waals surface area contributed by atoms with E-state index in [0.29, 0.717) is 0 Å². The number of halogens is 2. The Bertz CT molecular complexity index is 958. The normalized spacial score (nSPS) is 22.4. The number of hydrogen-bond donors (Lipinski definition) is 0. The molecule has 0 aromatic heterocycles. The van der Waals surface area contributed by atoms with Crippen LogP contribution < -0.4 is 9.41 Å². The Balaban J connectivity index is 0.00000120. The molecule has 5 rings (SSSR count). The van der Waals surface area contributed by atoms with Crippen molar-refractivity contribution in [1.82, 2.24) is 0 Å². The van der Waals surface area contributed by atoms with Crippen molar-refractivity contribution in [1.29, 1.82) is 0 Å². The average molecular weight is 444 g/mol.